The second kappa shape index (κ2) is 13.4. The molecule has 7 heteroatoms. The Balaban J connectivity index is 0.000000386. The predicted molar refractivity (Wildman–Crippen MR) is 121 cm³/mol. The van der Waals surface area contributed by atoms with E-state index < -0.39 is 0 Å². The normalized spacial score (nSPS) is 26.1. The number of hydroxylamine groups is 2. The Kier molecular flexibility index (Phi) is 11.3. The maximum atomic E-state index is 9.67. The van der Waals surface area contributed by atoms with Gasteiger partial charge in [0, 0.05) is 44.9 Å². The third kappa shape index (κ3) is 9.02. The van der Waals surface area contributed by atoms with E-state index >= 15 is 0 Å². The molecule has 174 valence electrons. The van der Waals surface area contributed by atoms with Gasteiger partial charge < -0.3 is 15.8 Å². The van der Waals surface area contributed by atoms with Crippen LogP contribution < -0.4 is 11.1 Å². The van der Waals surface area contributed by atoms with Crippen molar-refractivity contribution in [2.24, 2.45) is 5.73 Å². The Morgan fingerprint density at radius 3 is 2.50 bits per heavy atom. The number of amides is 1. The van der Waals surface area contributed by atoms with Crippen LogP contribution in [0.2, 0.25) is 0 Å². The molecule has 2 unspecified atom stereocenters. The van der Waals surface area contributed by atoms with Gasteiger partial charge in [-0.05, 0) is 52.9 Å². The maximum absolute atomic E-state index is 9.67. The summed E-state index contributed by atoms with van der Waals surface area (Å²) >= 11 is 0. The molecule has 0 radical (unpaired) electrons. The Bertz CT molecular complexity index is 507. The highest BCUT2D eigenvalue weighted by Crippen LogP contribution is 2.27. The summed E-state index contributed by atoms with van der Waals surface area (Å²) < 4.78 is 5.55. The second-order valence-electron chi connectivity index (χ2n) is 8.85. The number of nitrogens with one attached hydrogen (secondary N) is 1. The molecule has 0 aromatic rings. The molecule has 1 aliphatic heterocycles. The van der Waals surface area contributed by atoms with Crippen molar-refractivity contribution in [3.8, 4) is 0 Å². The summed E-state index contributed by atoms with van der Waals surface area (Å²) in [6.07, 6.45) is 15.1. The molecule has 1 amide bonds. The molecule has 0 bridgehead atoms. The molecule has 2 aliphatic carbocycles. The number of carbonyl (C=O) groups excluding carboxylic acids is 1. The Labute approximate surface area is 183 Å². The van der Waals surface area contributed by atoms with E-state index in [9.17, 15) is 4.79 Å². The topological polar surface area (TPSA) is 80.1 Å². The fraction of sp³-hybridized carbons (Fsp3) is 0.870. The van der Waals surface area contributed by atoms with Crippen molar-refractivity contribution in [3.05, 3.63) is 12.2 Å². The number of nitrogens with zero attached hydrogens (tertiary/aromatic N) is 2. The number of ether oxygens (including phenoxy) is 1. The summed E-state index contributed by atoms with van der Waals surface area (Å²) in [6.45, 7) is 11.3. The van der Waals surface area contributed by atoms with Crippen LogP contribution in [-0.4, -0.2) is 73.1 Å². The zero-order valence-electron chi connectivity index (χ0n) is 19.4. The summed E-state index contributed by atoms with van der Waals surface area (Å²) in [7, 11) is 0. The first-order chi connectivity index (χ1) is 14.5. The van der Waals surface area contributed by atoms with Crippen LogP contribution in [0.15, 0.2) is 12.2 Å². The van der Waals surface area contributed by atoms with Gasteiger partial charge >= 0.3 is 0 Å². The lowest BCUT2D eigenvalue weighted by Crippen LogP contribution is -2.55. The van der Waals surface area contributed by atoms with Crippen LogP contribution >= 0.6 is 0 Å². The Morgan fingerprint density at radius 2 is 1.97 bits per heavy atom. The number of rotatable bonds is 10. The molecule has 3 aliphatic rings. The first-order valence-electron chi connectivity index (χ1n) is 11.9. The minimum absolute atomic E-state index is 0.318. The fourth-order valence-electron chi connectivity index (χ4n) is 4.16. The van der Waals surface area contributed by atoms with Gasteiger partial charge in [-0.25, -0.2) is 0 Å². The molecular weight excluding hydrogens is 380 g/mol. The number of carbonyl (C=O) groups is 1. The molecule has 2 atom stereocenters. The number of piperazine rings is 1. The first kappa shape index (κ1) is 25.3. The lowest BCUT2D eigenvalue weighted by atomic mass is 9.98. The van der Waals surface area contributed by atoms with Gasteiger partial charge in [0.25, 0.3) is 0 Å². The summed E-state index contributed by atoms with van der Waals surface area (Å²) in [5.41, 5.74) is 5.10. The van der Waals surface area contributed by atoms with Gasteiger partial charge in [-0.3, -0.25) is 14.5 Å². The van der Waals surface area contributed by atoms with Crippen molar-refractivity contribution in [2.45, 2.75) is 96.0 Å². The molecule has 1 heterocycles. The predicted octanol–water partition coefficient (Wildman–Crippen LogP) is 2.81. The lowest BCUT2D eigenvalue weighted by Gasteiger charge is -2.43. The van der Waals surface area contributed by atoms with Crippen molar-refractivity contribution in [1.29, 1.82) is 0 Å². The average Bonchev–Trinajstić information content (AvgIpc) is 3.47. The summed E-state index contributed by atoms with van der Waals surface area (Å²) in [5, 5.41) is 4.74. The first-order valence-corrected chi connectivity index (χ1v) is 11.9. The van der Waals surface area contributed by atoms with E-state index in [-0.39, 0.29) is 5.66 Å². The van der Waals surface area contributed by atoms with E-state index in [1.807, 2.05) is 0 Å². The van der Waals surface area contributed by atoms with Crippen LogP contribution in [0.3, 0.4) is 0 Å². The quantitative estimate of drug-likeness (QED) is 0.243. The molecule has 3 rings (SSSR count). The smallest absolute Gasteiger partial charge is 0.208 e. The van der Waals surface area contributed by atoms with Gasteiger partial charge in [-0.15, -0.1) is 0 Å². The molecule has 2 saturated carbocycles. The lowest BCUT2D eigenvalue weighted by molar-refractivity contribution is -0.241. The minimum Gasteiger partial charge on any atom is -0.382 e. The van der Waals surface area contributed by atoms with Gasteiger partial charge in [-0.1, -0.05) is 31.4 Å². The standard InChI is InChI=1S/C19H36N2O2.C4H8N2O/c1-4-9-18(12-15-22-5-2)20-13-14-21(17(3)16-20)23-19-10-7-6-8-11-19;5-4(1-2-4)6-3-7/h4,9,17-19H,5-8,10-16H2,1-3H3;3H,1-2,5H2,(H,6,7)/b9-4-;. The number of allylic oxidation sites excluding steroid dienone is 1. The summed E-state index contributed by atoms with van der Waals surface area (Å²) in [6, 6.07) is 0.955. The Morgan fingerprint density at radius 1 is 1.23 bits per heavy atom. The second-order valence-corrected chi connectivity index (χ2v) is 8.85. The molecule has 7 nitrogen and oxygen atoms in total. The monoisotopic (exact) mass is 424 g/mol. The van der Waals surface area contributed by atoms with E-state index in [1.54, 1.807) is 0 Å². The Hall–Kier alpha value is -0.990. The SMILES string of the molecule is C/C=C\C(CCOCC)N1CCN(OC2CCCCC2)C(C)C1.NC1(NC=O)CC1. The van der Waals surface area contributed by atoms with Crippen molar-refractivity contribution in [1.82, 2.24) is 15.3 Å². The number of nitrogens with two attached hydrogens (primary N) is 1. The third-order valence-corrected chi connectivity index (χ3v) is 6.22. The molecule has 0 aromatic carbocycles. The van der Waals surface area contributed by atoms with Gasteiger partial charge in [0.2, 0.25) is 6.41 Å². The average molecular weight is 425 g/mol. The third-order valence-electron chi connectivity index (χ3n) is 6.22. The van der Waals surface area contributed by atoms with Crippen molar-refractivity contribution < 1.29 is 14.4 Å². The zero-order chi connectivity index (χ0) is 21.8. The molecule has 1 saturated heterocycles. The number of hydrogen-bond acceptors (Lipinski definition) is 6. The van der Waals surface area contributed by atoms with Gasteiger partial charge in [0.15, 0.2) is 0 Å². The summed E-state index contributed by atoms with van der Waals surface area (Å²) in [4.78, 5) is 18.6. The molecule has 30 heavy (non-hydrogen) atoms. The van der Waals surface area contributed by atoms with E-state index in [0.29, 0.717) is 24.6 Å². The van der Waals surface area contributed by atoms with Crippen molar-refractivity contribution in [2.75, 3.05) is 32.8 Å². The fourth-order valence-corrected chi connectivity index (χ4v) is 4.16. The van der Waals surface area contributed by atoms with Crippen LogP contribution in [0.4, 0.5) is 0 Å². The highest BCUT2D eigenvalue weighted by Gasteiger charge is 2.37. The van der Waals surface area contributed by atoms with Crippen molar-refractivity contribution in [3.63, 3.8) is 0 Å². The van der Waals surface area contributed by atoms with E-state index in [0.717, 1.165) is 52.1 Å². The van der Waals surface area contributed by atoms with E-state index in [1.165, 1.54) is 32.1 Å². The van der Waals surface area contributed by atoms with Crippen LogP contribution in [0, 0.1) is 0 Å². The number of hydrogen-bond donors (Lipinski definition) is 2. The minimum atomic E-state index is -0.318. The van der Waals surface area contributed by atoms with E-state index in [4.69, 9.17) is 15.3 Å². The molecule has 0 spiro atoms. The maximum Gasteiger partial charge on any atom is 0.208 e. The van der Waals surface area contributed by atoms with Crippen LogP contribution in [-0.2, 0) is 14.4 Å². The highest BCUT2D eigenvalue weighted by atomic mass is 16.7. The van der Waals surface area contributed by atoms with Crippen LogP contribution in [0.5, 0.6) is 0 Å². The van der Waals surface area contributed by atoms with E-state index in [2.05, 4.69) is 48.2 Å². The van der Waals surface area contributed by atoms with Crippen LogP contribution in [0.1, 0.15) is 72.1 Å². The van der Waals surface area contributed by atoms with Gasteiger partial charge in [-0.2, -0.15) is 5.06 Å². The van der Waals surface area contributed by atoms with Gasteiger partial charge in [0.1, 0.15) is 0 Å². The molecule has 3 N–H and O–H groups in total. The molecule has 3 fully saturated rings. The van der Waals surface area contributed by atoms with Gasteiger partial charge in [0.05, 0.1) is 11.8 Å². The zero-order valence-corrected chi connectivity index (χ0v) is 19.4. The largest absolute Gasteiger partial charge is 0.382 e. The molecule has 0 aromatic heterocycles. The van der Waals surface area contributed by atoms with Crippen LogP contribution in [0.25, 0.3) is 0 Å². The van der Waals surface area contributed by atoms with Crippen molar-refractivity contribution >= 4 is 6.41 Å². The highest BCUT2D eigenvalue weighted by molar-refractivity contribution is 5.48. The molecular formula is C23H44N4O3. The summed E-state index contributed by atoms with van der Waals surface area (Å²) in [5.74, 6) is 0.